The van der Waals surface area contributed by atoms with Crippen molar-refractivity contribution in [3.63, 3.8) is 0 Å². The summed E-state index contributed by atoms with van der Waals surface area (Å²) in [5, 5.41) is 11.4. The first-order valence-corrected chi connectivity index (χ1v) is 10.0. The average molecular weight is 389 g/mol. The molecule has 2 heterocycles. The van der Waals surface area contributed by atoms with Crippen LogP contribution >= 0.6 is 0 Å². The summed E-state index contributed by atoms with van der Waals surface area (Å²) in [5.41, 5.74) is 0.416. The van der Waals surface area contributed by atoms with Gasteiger partial charge >= 0.3 is 0 Å². The fourth-order valence-electron chi connectivity index (χ4n) is 2.74. The minimum absolute atomic E-state index is 0.0403. The highest BCUT2D eigenvalue weighted by Crippen LogP contribution is 2.39. The molecule has 0 spiro atoms. The average Bonchev–Trinajstić information content (AvgIpc) is 3.25. The summed E-state index contributed by atoms with van der Waals surface area (Å²) in [4.78, 5) is 12.7. The summed E-state index contributed by atoms with van der Waals surface area (Å²) in [6.45, 7) is 0. The van der Waals surface area contributed by atoms with E-state index < -0.39 is 32.1 Å². The van der Waals surface area contributed by atoms with Gasteiger partial charge in [-0.15, -0.1) is 5.10 Å². The SMILES string of the molecule is O=C1c2ccccc2S(=O)(=O)N1C(c1ccccc1)S(=O)c1nn[nH]n1. The van der Waals surface area contributed by atoms with E-state index in [1.807, 2.05) is 0 Å². The molecule has 0 aliphatic carbocycles. The molecule has 26 heavy (non-hydrogen) atoms. The Morgan fingerprint density at radius 1 is 1.04 bits per heavy atom. The lowest BCUT2D eigenvalue weighted by molar-refractivity contribution is 0.0860. The number of carbonyl (C=O) groups excluding carboxylic acids is 1. The van der Waals surface area contributed by atoms with Crippen LogP contribution in [0, 0.1) is 0 Å². The summed E-state index contributed by atoms with van der Waals surface area (Å²) in [6.07, 6.45) is 0. The first kappa shape index (κ1) is 16.5. The van der Waals surface area contributed by atoms with Gasteiger partial charge in [-0.25, -0.2) is 16.9 Å². The fraction of sp³-hybridized carbons (Fsp3) is 0.0667. The first-order valence-electron chi connectivity index (χ1n) is 7.38. The maximum absolute atomic E-state index is 13.0. The summed E-state index contributed by atoms with van der Waals surface area (Å²) in [7, 11) is -6.25. The van der Waals surface area contributed by atoms with Crippen molar-refractivity contribution in [2.24, 2.45) is 0 Å². The molecule has 0 saturated carbocycles. The Labute approximate surface area is 150 Å². The molecule has 2 aromatic carbocycles. The smallest absolute Gasteiger partial charge is 0.268 e. The molecule has 1 aliphatic rings. The van der Waals surface area contributed by atoms with Gasteiger partial charge in [-0.1, -0.05) is 47.6 Å². The first-order chi connectivity index (χ1) is 12.5. The summed E-state index contributed by atoms with van der Waals surface area (Å²) >= 11 is 0. The number of fused-ring (bicyclic) bond motifs is 1. The molecule has 132 valence electrons. The third-order valence-electron chi connectivity index (χ3n) is 3.86. The molecular formula is C15H11N5O4S2. The predicted molar refractivity (Wildman–Crippen MR) is 89.6 cm³/mol. The van der Waals surface area contributed by atoms with Gasteiger partial charge in [0.25, 0.3) is 21.1 Å². The zero-order valence-corrected chi connectivity index (χ0v) is 14.6. The van der Waals surface area contributed by atoms with Crippen LogP contribution in [0.1, 0.15) is 21.3 Å². The lowest BCUT2D eigenvalue weighted by Crippen LogP contribution is -2.36. The zero-order chi connectivity index (χ0) is 18.3. The molecule has 0 saturated heterocycles. The van der Waals surface area contributed by atoms with Gasteiger partial charge in [-0.05, 0) is 22.9 Å². The van der Waals surface area contributed by atoms with Gasteiger partial charge in [-0.2, -0.15) is 5.21 Å². The van der Waals surface area contributed by atoms with Crippen LogP contribution < -0.4 is 0 Å². The molecule has 2 atom stereocenters. The number of benzene rings is 2. The summed E-state index contributed by atoms with van der Waals surface area (Å²) in [5.74, 6) is -0.744. The van der Waals surface area contributed by atoms with E-state index in [-0.39, 0.29) is 15.6 Å². The maximum Gasteiger partial charge on any atom is 0.270 e. The van der Waals surface area contributed by atoms with E-state index in [1.54, 1.807) is 36.4 Å². The van der Waals surface area contributed by atoms with Gasteiger partial charge in [0.05, 0.1) is 5.56 Å². The Bertz CT molecular complexity index is 1100. The van der Waals surface area contributed by atoms with Crippen LogP contribution in [0.15, 0.2) is 64.6 Å². The third kappa shape index (κ3) is 2.44. The topological polar surface area (TPSA) is 126 Å². The molecule has 1 aliphatic heterocycles. The number of nitrogens with one attached hydrogen (secondary N) is 1. The van der Waals surface area contributed by atoms with E-state index in [9.17, 15) is 17.4 Å². The second-order valence-electron chi connectivity index (χ2n) is 5.36. The predicted octanol–water partition coefficient (Wildman–Crippen LogP) is 0.851. The Morgan fingerprint density at radius 3 is 2.38 bits per heavy atom. The number of aromatic amines is 1. The number of tetrazole rings is 1. The van der Waals surface area contributed by atoms with E-state index in [1.165, 1.54) is 18.2 Å². The van der Waals surface area contributed by atoms with Gasteiger partial charge in [0.15, 0.2) is 5.37 Å². The number of rotatable bonds is 4. The van der Waals surface area contributed by atoms with Gasteiger partial charge < -0.3 is 0 Å². The highest BCUT2D eigenvalue weighted by Gasteiger charge is 2.48. The van der Waals surface area contributed by atoms with E-state index in [4.69, 9.17) is 0 Å². The van der Waals surface area contributed by atoms with Crippen LogP contribution in [0.25, 0.3) is 0 Å². The highest BCUT2D eigenvalue weighted by molar-refractivity contribution is 7.92. The van der Waals surface area contributed by atoms with E-state index in [0.29, 0.717) is 9.87 Å². The molecule has 11 heteroatoms. The molecule has 1 amide bonds. The van der Waals surface area contributed by atoms with Gasteiger partial charge in [0.2, 0.25) is 0 Å². The van der Waals surface area contributed by atoms with E-state index >= 15 is 0 Å². The highest BCUT2D eigenvalue weighted by atomic mass is 32.2. The second kappa shape index (κ2) is 6.11. The van der Waals surface area contributed by atoms with Crippen LogP contribution in [0.3, 0.4) is 0 Å². The molecule has 4 rings (SSSR count). The van der Waals surface area contributed by atoms with Crippen molar-refractivity contribution in [2.45, 2.75) is 15.4 Å². The Kier molecular flexibility index (Phi) is 3.89. The third-order valence-corrected chi connectivity index (χ3v) is 7.22. The summed E-state index contributed by atoms with van der Waals surface area (Å²) in [6, 6.07) is 14.1. The number of H-pyrrole nitrogens is 1. The molecule has 0 radical (unpaired) electrons. The van der Waals surface area contributed by atoms with Crippen LogP contribution in [0.5, 0.6) is 0 Å². The van der Waals surface area contributed by atoms with Crippen molar-refractivity contribution in [3.05, 3.63) is 65.7 Å². The number of carbonyl (C=O) groups is 1. The minimum atomic E-state index is -4.17. The van der Waals surface area contributed by atoms with Crippen molar-refractivity contribution >= 4 is 26.7 Å². The van der Waals surface area contributed by atoms with Crippen LogP contribution in [-0.4, -0.2) is 43.5 Å². The van der Waals surface area contributed by atoms with Crippen LogP contribution in [0.2, 0.25) is 0 Å². The lowest BCUT2D eigenvalue weighted by atomic mass is 10.2. The largest absolute Gasteiger partial charge is 0.270 e. The van der Waals surface area contributed by atoms with Crippen LogP contribution in [0.4, 0.5) is 0 Å². The second-order valence-corrected chi connectivity index (χ2v) is 8.55. The molecule has 1 N–H and O–H groups in total. The van der Waals surface area contributed by atoms with Crippen molar-refractivity contribution < 1.29 is 17.4 Å². The van der Waals surface area contributed by atoms with Gasteiger partial charge in [-0.3, -0.25) is 4.79 Å². The van der Waals surface area contributed by atoms with Crippen molar-refractivity contribution in [3.8, 4) is 0 Å². The van der Waals surface area contributed by atoms with Gasteiger partial charge in [0.1, 0.15) is 15.7 Å². The van der Waals surface area contributed by atoms with Crippen LogP contribution in [-0.2, 0) is 20.8 Å². The Balaban J connectivity index is 1.91. The number of amides is 1. The van der Waals surface area contributed by atoms with Gasteiger partial charge in [0, 0.05) is 0 Å². The molecule has 0 bridgehead atoms. The van der Waals surface area contributed by atoms with Crippen molar-refractivity contribution in [1.29, 1.82) is 0 Å². The molecular weight excluding hydrogens is 378 g/mol. The maximum atomic E-state index is 13.0. The number of sulfonamides is 1. The molecule has 0 fully saturated rings. The Morgan fingerprint density at radius 2 is 1.73 bits per heavy atom. The number of hydrogen-bond donors (Lipinski definition) is 1. The molecule has 9 nitrogen and oxygen atoms in total. The quantitative estimate of drug-likeness (QED) is 0.701. The number of hydrogen-bond acceptors (Lipinski definition) is 7. The fourth-order valence-corrected chi connectivity index (χ4v) is 6.02. The summed E-state index contributed by atoms with van der Waals surface area (Å²) < 4.78 is 39.7. The van der Waals surface area contributed by atoms with E-state index in [2.05, 4.69) is 20.6 Å². The normalized spacial score (nSPS) is 17.7. The van der Waals surface area contributed by atoms with E-state index in [0.717, 1.165) is 0 Å². The molecule has 2 unspecified atom stereocenters. The zero-order valence-electron chi connectivity index (χ0n) is 13.0. The molecule has 1 aromatic heterocycles. The number of nitrogens with zero attached hydrogens (tertiary/aromatic N) is 4. The lowest BCUT2D eigenvalue weighted by Gasteiger charge is -2.25. The van der Waals surface area contributed by atoms with Crippen molar-refractivity contribution in [1.82, 2.24) is 24.9 Å². The monoisotopic (exact) mass is 389 g/mol. The Hall–Kier alpha value is -2.92. The minimum Gasteiger partial charge on any atom is -0.268 e. The number of aromatic nitrogens is 4. The molecule has 3 aromatic rings. The van der Waals surface area contributed by atoms with Crippen molar-refractivity contribution in [2.75, 3.05) is 0 Å². The standard InChI is InChI=1S/C15H11N5O4S2/c21-13-11-8-4-5-9-12(11)26(23,24)20(13)14(10-6-2-1-3-7-10)25(22)15-16-18-19-17-15/h1-9,14H,(H,16,17,18,19).